The minimum atomic E-state index is 0.964. The van der Waals surface area contributed by atoms with Crippen LogP contribution in [0.2, 0.25) is 0 Å². The molecule has 5 aromatic rings. The maximum atomic E-state index is 4.74. The first-order valence-corrected chi connectivity index (χ1v) is 10.4. The molecular formula is C26H24N4. The highest BCUT2D eigenvalue weighted by Gasteiger charge is 2.14. The van der Waals surface area contributed by atoms with Gasteiger partial charge in [0.15, 0.2) is 0 Å². The van der Waals surface area contributed by atoms with Crippen molar-refractivity contribution in [3.8, 4) is 16.8 Å². The molecule has 0 unspecified atom stereocenters. The summed E-state index contributed by atoms with van der Waals surface area (Å²) in [6.07, 6.45) is 7.13. The highest BCUT2D eigenvalue weighted by atomic mass is 15.0. The molecule has 148 valence electrons. The number of benzene rings is 2. The minimum Gasteiger partial charge on any atom is -0.385 e. The van der Waals surface area contributed by atoms with Crippen LogP contribution in [0.4, 0.5) is 5.69 Å². The molecule has 0 bridgehead atoms. The molecule has 3 heterocycles. The Kier molecular flexibility index (Phi) is 4.68. The van der Waals surface area contributed by atoms with Crippen LogP contribution in [0, 0.1) is 6.92 Å². The Hall–Kier alpha value is -3.66. The molecule has 1 N–H and O–H groups in total. The molecule has 30 heavy (non-hydrogen) atoms. The number of aromatic nitrogens is 3. The second kappa shape index (κ2) is 7.64. The van der Waals surface area contributed by atoms with E-state index in [0.29, 0.717) is 0 Å². The van der Waals surface area contributed by atoms with E-state index < -0.39 is 0 Å². The second-order valence-corrected chi connectivity index (χ2v) is 7.63. The maximum Gasteiger partial charge on any atom is 0.145 e. The lowest BCUT2D eigenvalue weighted by atomic mass is 10.0. The van der Waals surface area contributed by atoms with Gasteiger partial charge >= 0.3 is 0 Å². The van der Waals surface area contributed by atoms with Crippen LogP contribution in [0.15, 0.2) is 79.3 Å². The van der Waals surface area contributed by atoms with E-state index in [2.05, 4.69) is 83.4 Å². The van der Waals surface area contributed by atoms with Gasteiger partial charge in [-0.2, -0.15) is 0 Å². The third-order valence-electron chi connectivity index (χ3n) is 5.48. The smallest absolute Gasteiger partial charge is 0.145 e. The van der Waals surface area contributed by atoms with E-state index >= 15 is 0 Å². The molecule has 0 atom stereocenters. The molecule has 0 spiro atoms. The zero-order valence-corrected chi connectivity index (χ0v) is 17.3. The van der Waals surface area contributed by atoms with E-state index in [-0.39, 0.29) is 0 Å². The molecule has 5 rings (SSSR count). The summed E-state index contributed by atoms with van der Waals surface area (Å²) in [5.41, 5.74) is 7.69. The number of hydrogen-bond donors (Lipinski definition) is 1. The lowest BCUT2D eigenvalue weighted by Crippen LogP contribution is -2.01. The number of nitrogens with zero attached hydrogens (tertiary/aromatic N) is 3. The molecule has 0 aliphatic heterocycles. The van der Waals surface area contributed by atoms with Crippen molar-refractivity contribution in [2.75, 3.05) is 11.9 Å². The Morgan fingerprint density at radius 1 is 0.967 bits per heavy atom. The van der Waals surface area contributed by atoms with E-state index in [1.165, 1.54) is 10.9 Å². The summed E-state index contributed by atoms with van der Waals surface area (Å²) in [4.78, 5) is 9.40. The summed E-state index contributed by atoms with van der Waals surface area (Å²) in [6, 6.07) is 21.0. The van der Waals surface area contributed by atoms with Crippen LogP contribution in [0.5, 0.6) is 0 Å². The summed E-state index contributed by atoms with van der Waals surface area (Å²) in [5.74, 6) is 0. The van der Waals surface area contributed by atoms with Crippen LogP contribution >= 0.6 is 0 Å². The number of rotatable bonds is 5. The summed E-state index contributed by atoms with van der Waals surface area (Å²) in [5, 5.41) is 5.78. The van der Waals surface area contributed by atoms with Gasteiger partial charge in [0.05, 0.1) is 5.52 Å². The van der Waals surface area contributed by atoms with Crippen LogP contribution in [0.1, 0.15) is 18.9 Å². The van der Waals surface area contributed by atoms with Gasteiger partial charge in [-0.15, -0.1) is 0 Å². The van der Waals surface area contributed by atoms with Crippen LogP contribution < -0.4 is 5.32 Å². The van der Waals surface area contributed by atoms with E-state index in [9.17, 15) is 0 Å². The number of pyridine rings is 2. The largest absolute Gasteiger partial charge is 0.385 e. The van der Waals surface area contributed by atoms with E-state index in [1.807, 2.05) is 24.5 Å². The quantitative estimate of drug-likeness (QED) is 0.378. The third-order valence-corrected chi connectivity index (χ3v) is 5.48. The van der Waals surface area contributed by atoms with E-state index in [0.717, 1.165) is 52.0 Å². The molecule has 0 aliphatic rings. The first-order chi connectivity index (χ1) is 14.7. The zero-order chi connectivity index (χ0) is 20.5. The Morgan fingerprint density at radius 2 is 1.87 bits per heavy atom. The Balaban J connectivity index is 1.65. The van der Waals surface area contributed by atoms with E-state index in [1.54, 1.807) is 0 Å². The third kappa shape index (κ3) is 3.20. The lowest BCUT2D eigenvalue weighted by Gasteiger charge is -2.10. The molecule has 3 aromatic heterocycles. The summed E-state index contributed by atoms with van der Waals surface area (Å²) >= 11 is 0. The van der Waals surface area contributed by atoms with Gasteiger partial charge < -0.3 is 9.88 Å². The molecule has 4 nitrogen and oxygen atoms in total. The Morgan fingerprint density at radius 3 is 2.77 bits per heavy atom. The van der Waals surface area contributed by atoms with Gasteiger partial charge in [0.25, 0.3) is 0 Å². The number of aryl methyl sites for hydroxylation is 1. The normalized spacial score (nSPS) is 11.3. The number of anilines is 1. The fourth-order valence-electron chi connectivity index (χ4n) is 4.03. The Labute approximate surface area is 176 Å². The van der Waals surface area contributed by atoms with Crippen molar-refractivity contribution in [1.82, 2.24) is 14.5 Å². The summed E-state index contributed by atoms with van der Waals surface area (Å²) < 4.78 is 2.18. The van der Waals surface area contributed by atoms with Gasteiger partial charge in [0, 0.05) is 52.8 Å². The minimum absolute atomic E-state index is 0.964. The van der Waals surface area contributed by atoms with Crippen LogP contribution in [-0.2, 0) is 0 Å². The molecule has 0 saturated heterocycles. The number of hydrogen-bond acceptors (Lipinski definition) is 3. The summed E-state index contributed by atoms with van der Waals surface area (Å²) in [7, 11) is 0. The molecule has 0 aliphatic carbocycles. The van der Waals surface area contributed by atoms with Crippen molar-refractivity contribution in [2.24, 2.45) is 0 Å². The highest BCUT2D eigenvalue weighted by molar-refractivity contribution is 5.98. The van der Waals surface area contributed by atoms with Gasteiger partial charge in [-0.1, -0.05) is 31.2 Å². The fraction of sp³-hybridized carbons (Fsp3) is 0.154. The van der Waals surface area contributed by atoms with Gasteiger partial charge in [0.2, 0.25) is 0 Å². The lowest BCUT2D eigenvalue weighted by molar-refractivity contribution is 0.978. The van der Waals surface area contributed by atoms with Gasteiger partial charge in [-0.05, 0) is 60.9 Å². The van der Waals surface area contributed by atoms with Crippen molar-refractivity contribution >= 4 is 27.6 Å². The molecular weight excluding hydrogens is 368 g/mol. The monoisotopic (exact) mass is 392 g/mol. The maximum absolute atomic E-state index is 4.74. The number of nitrogens with one attached hydrogen (secondary N) is 1. The van der Waals surface area contributed by atoms with Crippen molar-refractivity contribution < 1.29 is 0 Å². The van der Waals surface area contributed by atoms with E-state index in [4.69, 9.17) is 4.98 Å². The highest BCUT2D eigenvalue weighted by Crippen LogP contribution is 2.33. The number of para-hydroxylation sites is 1. The average Bonchev–Trinajstić information content (AvgIpc) is 3.14. The standard InChI is InChI=1S/C26H24N4/c1-3-12-27-21-8-6-9-22(15-21)30-17-18(2)25-23(11-13-28-26(25)30)20-14-19-7-4-5-10-24(19)29-16-20/h4-11,13-17,27H,3,12H2,1-2H3. The molecule has 0 radical (unpaired) electrons. The van der Waals surface area contributed by atoms with Crippen LogP contribution in [0.3, 0.4) is 0 Å². The number of fused-ring (bicyclic) bond motifs is 2. The molecule has 4 heteroatoms. The predicted molar refractivity (Wildman–Crippen MR) is 125 cm³/mol. The molecule has 0 amide bonds. The predicted octanol–water partition coefficient (Wildman–Crippen LogP) is 6.37. The Bertz CT molecular complexity index is 1350. The van der Waals surface area contributed by atoms with Crippen molar-refractivity contribution in [1.29, 1.82) is 0 Å². The average molecular weight is 393 g/mol. The fourth-order valence-corrected chi connectivity index (χ4v) is 4.03. The van der Waals surface area contributed by atoms with Crippen molar-refractivity contribution in [3.05, 3.63) is 84.8 Å². The molecule has 2 aromatic carbocycles. The van der Waals surface area contributed by atoms with Gasteiger partial charge in [-0.25, -0.2) is 4.98 Å². The first kappa shape index (κ1) is 18.4. The zero-order valence-electron chi connectivity index (χ0n) is 17.3. The molecule has 0 fully saturated rings. The van der Waals surface area contributed by atoms with Crippen molar-refractivity contribution in [2.45, 2.75) is 20.3 Å². The SMILES string of the molecule is CCCNc1cccc(-n2cc(C)c3c(-c4cnc5ccccc5c4)ccnc32)c1. The van der Waals surface area contributed by atoms with Gasteiger partial charge in [0.1, 0.15) is 5.65 Å². The van der Waals surface area contributed by atoms with Crippen LogP contribution in [-0.4, -0.2) is 21.1 Å². The van der Waals surface area contributed by atoms with Gasteiger partial charge in [-0.3, -0.25) is 4.98 Å². The first-order valence-electron chi connectivity index (χ1n) is 10.4. The van der Waals surface area contributed by atoms with Crippen molar-refractivity contribution in [3.63, 3.8) is 0 Å². The second-order valence-electron chi connectivity index (χ2n) is 7.63. The molecule has 0 saturated carbocycles. The topological polar surface area (TPSA) is 42.7 Å². The summed E-state index contributed by atoms with van der Waals surface area (Å²) in [6.45, 7) is 5.29. The van der Waals surface area contributed by atoms with Crippen LogP contribution in [0.25, 0.3) is 38.8 Å².